The average molecular weight is 327 g/mol. The van der Waals surface area contributed by atoms with Gasteiger partial charge in [0.1, 0.15) is 5.54 Å². The molecule has 1 aliphatic carbocycles. The van der Waals surface area contributed by atoms with E-state index >= 15 is 0 Å². The predicted octanol–water partition coefficient (Wildman–Crippen LogP) is 3.45. The summed E-state index contributed by atoms with van der Waals surface area (Å²) in [5.74, 6) is 0.397. The van der Waals surface area contributed by atoms with Crippen molar-refractivity contribution in [2.24, 2.45) is 11.0 Å². The molecule has 1 aromatic rings. The molecule has 2 aliphatic rings. The molecule has 5 heteroatoms. The van der Waals surface area contributed by atoms with Crippen molar-refractivity contribution in [2.75, 3.05) is 0 Å². The number of hydrazone groups is 1. The maximum atomic E-state index is 12.8. The second-order valence-corrected chi connectivity index (χ2v) is 7.37. The summed E-state index contributed by atoms with van der Waals surface area (Å²) in [5.41, 5.74) is 3.58. The number of carbonyl (C=O) groups excluding carboxylic acids is 2. The topological polar surface area (TPSA) is 61.8 Å². The van der Waals surface area contributed by atoms with Crippen LogP contribution in [0.3, 0.4) is 0 Å². The fraction of sp³-hybridized carbons (Fsp3) is 0.526. The normalized spacial score (nSPS) is 27.3. The lowest BCUT2D eigenvalue weighted by Gasteiger charge is -2.33. The molecule has 1 N–H and O–H groups in total. The zero-order chi connectivity index (χ0) is 17.5. The number of urea groups is 1. The molecule has 1 heterocycles. The number of imide groups is 1. The van der Waals surface area contributed by atoms with E-state index in [1.807, 2.05) is 20.8 Å². The lowest BCUT2D eigenvalue weighted by Crippen LogP contribution is -2.49. The van der Waals surface area contributed by atoms with Gasteiger partial charge in [0.15, 0.2) is 0 Å². The number of nitrogens with one attached hydrogen (secondary N) is 1. The van der Waals surface area contributed by atoms with E-state index in [1.165, 1.54) is 5.56 Å². The fourth-order valence-electron chi connectivity index (χ4n) is 3.82. The van der Waals surface area contributed by atoms with Crippen LogP contribution in [0, 0.1) is 26.7 Å². The molecular formula is C19H25N3O2. The minimum Gasteiger partial charge on any atom is -0.321 e. The van der Waals surface area contributed by atoms with Gasteiger partial charge in [0.25, 0.3) is 5.91 Å². The number of rotatable bonds is 2. The van der Waals surface area contributed by atoms with Crippen molar-refractivity contribution in [3.05, 3.63) is 34.4 Å². The van der Waals surface area contributed by atoms with Crippen LogP contribution in [0.2, 0.25) is 0 Å². The minimum absolute atomic E-state index is 0.210. The minimum atomic E-state index is -0.738. The van der Waals surface area contributed by atoms with Crippen molar-refractivity contribution in [3.8, 4) is 0 Å². The summed E-state index contributed by atoms with van der Waals surface area (Å²) in [5, 5.41) is 8.12. The van der Waals surface area contributed by atoms with Gasteiger partial charge in [-0.2, -0.15) is 5.10 Å². The third-order valence-electron chi connectivity index (χ3n) is 5.31. The Morgan fingerprint density at radius 3 is 2.33 bits per heavy atom. The highest BCUT2D eigenvalue weighted by atomic mass is 16.2. The number of hydrogen-bond donors (Lipinski definition) is 1. The standard InChI is InChI=1S/C19H25N3O2/c1-12-5-7-19(8-6-12)17(23)22(18(24)21-19)20-11-16-14(3)9-13(2)10-15(16)4/h9-12H,5-8H2,1-4H3,(H,21,24). The summed E-state index contributed by atoms with van der Waals surface area (Å²) in [6.45, 7) is 8.26. The summed E-state index contributed by atoms with van der Waals surface area (Å²) < 4.78 is 0. The molecule has 128 valence electrons. The highest BCUT2D eigenvalue weighted by Crippen LogP contribution is 2.36. The highest BCUT2D eigenvalue weighted by molar-refractivity contribution is 6.07. The number of benzene rings is 1. The van der Waals surface area contributed by atoms with Crippen LogP contribution in [-0.4, -0.2) is 28.7 Å². The monoisotopic (exact) mass is 327 g/mol. The highest BCUT2D eigenvalue weighted by Gasteiger charge is 2.52. The Balaban J connectivity index is 1.83. The lowest BCUT2D eigenvalue weighted by atomic mass is 9.77. The largest absolute Gasteiger partial charge is 0.346 e. The Bertz CT molecular complexity index is 692. The summed E-state index contributed by atoms with van der Waals surface area (Å²) in [6.07, 6.45) is 4.95. The molecule has 1 spiro atoms. The molecule has 1 aromatic carbocycles. The van der Waals surface area contributed by atoms with Crippen LogP contribution < -0.4 is 5.32 Å². The third kappa shape index (κ3) is 2.83. The molecule has 0 radical (unpaired) electrons. The fourth-order valence-corrected chi connectivity index (χ4v) is 3.82. The molecule has 1 saturated heterocycles. The number of carbonyl (C=O) groups is 2. The van der Waals surface area contributed by atoms with Gasteiger partial charge in [0, 0.05) is 5.56 Å². The van der Waals surface area contributed by atoms with Crippen LogP contribution in [0.1, 0.15) is 54.9 Å². The van der Waals surface area contributed by atoms with Crippen molar-refractivity contribution in [1.82, 2.24) is 10.3 Å². The predicted molar refractivity (Wildman–Crippen MR) is 94.0 cm³/mol. The van der Waals surface area contributed by atoms with Gasteiger partial charge in [-0.3, -0.25) is 4.79 Å². The Kier molecular flexibility index (Phi) is 4.20. The molecular weight excluding hydrogens is 302 g/mol. The molecule has 24 heavy (non-hydrogen) atoms. The van der Waals surface area contributed by atoms with Crippen molar-refractivity contribution >= 4 is 18.2 Å². The number of aryl methyl sites for hydroxylation is 3. The first-order chi connectivity index (χ1) is 11.3. The first-order valence-electron chi connectivity index (χ1n) is 8.61. The number of amides is 3. The average Bonchev–Trinajstić information content (AvgIpc) is 2.73. The van der Waals surface area contributed by atoms with E-state index in [0.717, 1.165) is 34.5 Å². The molecule has 2 fully saturated rings. The van der Waals surface area contributed by atoms with Gasteiger partial charge < -0.3 is 5.32 Å². The van der Waals surface area contributed by atoms with Crippen LogP contribution in [0.15, 0.2) is 17.2 Å². The van der Waals surface area contributed by atoms with Crippen LogP contribution in [0.4, 0.5) is 4.79 Å². The van der Waals surface area contributed by atoms with Crippen LogP contribution in [0.5, 0.6) is 0 Å². The van der Waals surface area contributed by atoms with Gasteiger partial charge in [-0.1, -0.05) is 24.6 Å². The maximum absolute atomic E-state index is 12.8. The Morgan fingerprint density at radius 1 is 1.17 bits per heavy atom. The molecule has 1 aliphatic heterocycles. The van der Waals surface area contributed by atoms with E-state index in [2.05, 4.69) is 29.5 Å². The SMILES string of the molecule is Cc1cc(C)c(C=NN2C(=O)NC3(CCC(C)CC3)C2=O)c(C)c1. The summed E-state index contributed by atoms with van der Waals surface area (Å²) in [4.78, 5) is 25.0. The van der Waals surface area contributed by atoms with Crippen LogP contribution >= 0.6 is 0 Å². The molecule has 0 unspecified atom stereocenters. The molecule has 0 aromatic heterocycles. The Labute approximate surface area is 143 Å². The van der Waals surface area contributed by atoms with Gasteiger partial charge in [0.2, 0.25) is 0 Å². The summed E-state index contributed by atoms with van der Waals surface area (Å²) in [6, 6.07) is 3.74. The molecule has 5 nitrogen and oxygen atoms in total. The van der Waals surface area contributed by atoms with Gasteiger partial charge >= 0.3 is 6.03 Å². The van der Waals surface area contributed by atoms with Crippen molar-refractivity contribution in [2.45, 2.75) is 58.9 Å². The second-order valence-electron chi connectivity index (χ2n) is 7.37. The molecule has 0 atom stereocenters. The van der Waals surface area contributed by atoms with E-state index in [-0.39, 0.29) is 5.91 Å². The van der Waals surface area contributed by atoms with Crippen molar-refractivity contribution in [3.63, 3.8) is 0 Å². The third-order valence-corrected chi connectivity index (χ3v) is 5.31. The maximum Gasteiger partial charge on any atom is 0.346 e. The quantitative estimate of drug-likeness (QED) is 0.668. The van der Waals surface area contributed by atoms with E-state index < -0.39 is 11.6 Å². The Morgan fingerprint density at radius 2 is 1.75 bits per heavy atom. The van der Waals surface area contributed by atoms with Crippen LogP contribution in [0.25, 0.3) is 0 Å². The molecule has 3 amide bonds. The second kappa shape index (κ2) is 6.04. The van der Waals surface area contributed by atoms with E-state index in [4.69, 9.17) is 0 Å². The Hall–Kier alpha value is -2.17. The lowest BCUT2D eigenvalue weighted by molar-refractivity contribution is -0.132. The van der Waals surface area contributed by atoms with Crippen LogP contribution in [-0.2, 0) is 4.79 Å². The summed E-state index contributed by atoms with van der Waals surface area (Å²) in [7, 11) is 0. The van der Waals surface area contributed by atoms with Gasteiger partial charge in [-0.15, -0.1) is 5.01 Å². The van der Waals surface area contributed by atoms with E-state index in [0.29, 0.717) is 18.8 Å². The smallest absolute Gasteiger partial charge is 0.321 e. The first-order valence-corrected chi connectivity index (χ1v) is 8.61. The van der Waals surface area contributed by atoms with Gasteiger partial charge in [-0.05, 0) is 63.5 Å². The molecule has 0 bridgehead atoms. The number of nitrogens with zero attached hydrogens (tertiary/aromatic N) is 2. The summed E-state index contributed by atoms with van der Waals surface area (Å²) >= 11 is 0. The molecule has 1 saturated carbocycles. The first kappa shape index (κ1) is 16.7. The van der Waals surface area contributed by atoms with Crippen molar-refractivity contribution < 1.29 is 9.59 Å². The zero-order valence-corrected chi connectivity index (χ0v) is 14.8. The van der Waals surface area contributed by atoms with E-state index in [1.54, 1.807) is 6.21 Å². The van der Waals surface area contributed by atoms with Gasteiger partial charge in [-0.25, -0.2) is 4.79 Å². The van der Waals surface area contributed by atoms with E-state index in [9.17, 15) is 9.59 Å². The van der Waals surface area contributed by atoms with Crippen molar-refractivity contribution in [1.29, 1.82) is 0 Å². The van der Waals surface area contributed by atoms with Gasteiger partial charge in [0.05, 0.1) is 6.21 Å². The zero-order valence-electron chi connectivity index (χ0n) is 14.8. The number of hydrogen-bond acceptors (Lipinski definition) is 3. The molecule has 3 rings (SSSR count).